The molecule has 3 rings (SSSR count). The van der Waals surface area contributed by atoms with Crippen molar-refractivity contribution < 1.29 is 5.11 Å². The molecule has 116 valence electrons. The van der Waals surface area contributed by atoms with Gasteiger partial charge in [-0.15, -0.1) is 0 Å². The molecule has 0 bridgehead atoms. The minimum Gasteiger partial charge on any atom is -0.392 e. The van der Waals surface area contributed by atoms with Crippen molar-refractivity contribution in [3.05, 3.63) is 84.2 Å². The Balaban J connectivity index is 1.73. The lowest BCUT2D eigenvalue weighted by molar-refractivity contribution is 0.281. The zero-order valence-corrected chi connectivity index (χ0v) is 13.2. The fraction of sp³-hybridized carbons (Fsp3) is 0.150. The minimum atomic E-state index is 0.0807. The largest absolute Gasteiger partial charge is 0.392 e. The lowest BCUT2D eigenvalue weighted by Gasteiger charge is -2.20. The van der Waals surface area contributed by atoms with Gasteiger partial charge in [-0.05, 0) is 40.5 Å². The van der Waals surface area contributed by atoms with Crippen molar-refractivity contribution in [2.75, 3.05) is 11.9 Å². The Kier molecular flexibility index (Phi) is 4.69. The van der Waals surface area contributed by atoms with Gasteiger partial charge in [0, 0.05) is 31.7 Å². The lowest BCUT2D eigenvalue weighted by Crippen LogP contribution is -2.16. The SMILES string of the molecule is CN(Cc1cccc(CO)c1)c1ccc(-c2cccnc2)cc1. The Morgan fingerprint density at radius 1 is 0.913 bits per heavy atom. The second-order valence-corrected chi connectivity index (χ2v) is 5.62. The molecule has 3 nitrogen and oxygen atoms in total. The molecule has 1 N–H and O–H groups in total. The quantitative estimate of drug-likeness (QED) is 0.777. The minimum absolute atomic E-state index is 0.0807. The van der Waals surface area contributed by atoms with Crippen LogP contribution in [0.1, 0.15) is 11.1 Å². The van der Waals surface area contributed by atoms with Gasteiger partial charge >= 0.3 is 0 Å². The fourth-order valence-electron chi connectivity index (χ4n) is 2.63. The first-order valence-electron chi connectivity index (χ1n) is 7.66. The Labute approximate surface area is 136 Å². The summed E-state index contributed by atoms with van der Waals surface area (Å²) in [5.41, 5.74) is 5.58. The standard InChI is InChI=1S/C20H20N2O/c1-22(14-16-4-2-5-17(12-16)15-23)20-9-7-18(8-10-20)19-6-3-11-21-13-19/h2-13,23H,14-15H2,1H3. The molecular weight excluding hydrogens is 284 g/mol. The summed E-state index contributed by atoms with van der Waals surface area (Å²) >= 11 is 0. The molecule has 0 aliphatic carbocycles. The number of nitrogens with zero attached hydrogens (tertiary/aromatic N) is 2. The van der Waals surface area contributed by atoms with Crippen LogP contribution in [-0.2, 0) is 13.2 Å². The predicted octanol–water partition coefficient (Wildman–Crippen LogP) is 3.88. The van der Waals surface area contributed by atoms with Gasteiger partial charge < -0.3 is 10.0 Å². The number of hydrogen-bond acceptors (Lipinski definition) is 3. The maximum absolute atomic E-state index is 9.23. The van der Waals surface area contributed by atoms with E-state index in [2.05, 4.69) is 53.3 Å². The van der Waals surface area contributed by atoms with E-state index in [4.69, 9.17) is 0 Å². The van der Waals surface area contributed by atoms with Crippen LogP contribution in [0.2, 0.25) is 0 Å². The van der Waals surface area contributed by atoms with Crippen LogP contribution in [0.5, 0.6) is 0 Å². The number of benzene rings is 2. The van der Waals surface area contributed by atoms with Gasteiger partial charge in [-0.2, -0.15) is 0 Å². The van der Waals surface area contributed by atoms with E-state index >= 15 is 0 Å². The molecule has 1 heterocycles. The molecule has 23 heavy (non-hydrogen) atoms. The van der Waals surface area contributed by atoms with Crippen molar-refractivity contribution in [3.8, 4) is 11.1 Å². The third kappa shape index (κ3) is 3.76. The van der Waals surface area contributed by atoms with Crippen LogP contribution in [0.4, 0.5) is 5.69 Å². The van der Waals surface area contributed by atoms with Crippen LogP contribution in [-0.4, -0.2) is 17.1 Å². The summed E-state index contributed by atoms with van der Waals surface area (Å²) in [5, 5.41) is 9.23. The van der Waals surface area contributed by atoms with Crippen LogP contribution in [0.3, 0.4) is 0 Å². The third-order valence-electron chi connectivity index (χ3n) is 3.90. The number of aliphatic hydroxyl groups excluding tert-OH is 1. The van der Waals surface area contributed by atoms with E-state index in [1.54, 1.807) is 6.20 Å². The second kappa shape index (κ2) is 7.07. The number of anilines is 1. The van der Waals surface area contributed by atoms with Gasteiger partial charge in [0.2, 0.25) is 0 Å². The topological polar surface area (TPSA) is 36.4 Å². The number of rotatable bonds is 5. The van der Waals surface area contributed by atoms with Crippen molar-refractivity contribution in [3.63, 3.8) is 0 Å². The van der Waals surface area contributed by atoms with Gasteiger partial charge in [-0.25, -0.2) is 0 Å². The van der Waals surface area contributed by atoms with Crippen molar-refractivity contribution in [2.45, 2.75) is 13.2 Å². The number of aromatic nitrogens is 1. The predicted molar refractivity (Wildman–Crippen MR) is 94.1 cm³/mol. The Hall–Kier alpha value is -2.65. The van der Waals surface area contributed by atoms with E-state index in [0.29, 0.717) is 0 Å². The normalized spacial score (nSPS) is 10.5. The first kappa shape index (κ1) is 15.3. The zero-order valence-electron chi connectivity index (χ0n) is 13.2. The van der Waals surface area contributed by atoms with E-state index in [0.717, 1.165) is 28.9 Å². The Bertz CT molecular complexity index is 754. The summed E-state index contributed by atoms with van der Waals surface area (Å²) in [6.07, 6.45) is 3.66. The van der Waals surface area contributed by atoms with Gasteiger partial charge in [0.05, 0.1) is 6.61 Å². The third-order valence-corrected chi connectivity index (χ3v) is 3.90. The van der Waals surface area contributed by atoms with Gasteiger partial charge in [0.1, 0.15) is 0 Å². The molecule has 0 radical (unpaired) electrons. The number of pyridine rings is 1. The molecule has 3 aromatic rings. The average molecular weight is 304 g/mol. The van der Waals surface area contributed by atoms with Gasteiger partial charge in [-0.1, -0.05) is 42.5 Å². The van der Waals surface area contributed by atoms with Gasteiger partial charge in [0.15, 0.2) is 0 Å². The van der Waals surface area contributed by atoms with E-state index in [1.165, 1.54) is 5.56 Å². The zero-order chi connectivity index (χ0) is 16.1. The smallest absolute Gasteiger partial charge is 0.0681 e. The summed E-state index contributed by atoms with van der Waals surface area (Å²) in [5.74, 6) is 0. The van der Waals surface area contributed by atoms with Crippen LogP contribution >= 0.6 is 0 Å². The lowest BCUT2D eigenvalue weighted by atomic mass is 10.1. The van der Waals surface area contributed by atoms with Crippen molar-refractivity contribution in [1.82, 2.24) is 4.98 Å². The maximum atomic E-state index is 9.23. The highest BCUT2D eigenvalue weighted by Crippen LogP contribution is 2.23. The summed E-state index contributed by atoms with van der Waals surface area (Å²) in [6, 6.07) is 20.5. The summed E-state index contributed by atoms with van der Waals surface area (Å²) in [6.45, 7) is 0.886. The molecule has 0 amide bonds. The molecule has 0 saturated heterocycles. The average Bonchev–Trinajstić information content (AvgIpc) is 2.63. The molecule has 0 spiro atoms. The van der Waals surface area contributed by atoms with Gasteiger partial charge in [0.25, 0.3) is 0 Å². The van der Waals surface area contributed by atoms with E-state index in [1.807, 2.05) is 30.5 Å². The van der Waals surface area contributed by atoms with Crippen molar-refractivity contribution in [1.29, 1.82) is 0 Å². The summed E-state index contributed by atoms with van der Waals surface area (Å²) in [7, 11) is 2.07. The van der Waals surface area contributed by atoms with Crippen LogP contribution in [0.15, 0.2) is 73.1 Å². The van der Waals surface area contributed by atoms with Crippen LogP contribution in [0, 0.1) is 0 Å². The molecule has 0 saturated carbocycles. The van der Waals surface area contributed by atoms with Crippen LogP contribution < -0.4 is 4.90 Å². The number of aliphatic hydroxyl groups is 1. The summed E-state index contributed by atoms with van der Waals surface area (Å²) in [4.78, 5) is 6.36. The Morgan fingerprint density at radius 2 is 1.70 bits per heavy atom. The highest BCUT2D eigenvalue weighted by molar-refractivity contribution is 5.65. The monoisotopic (exact) mass is 304 g/mol. The first-order valence-corrected chi connectivity index (χ1v) is 7.66. The fourth-order valence-corrected chi connectivity index (χ4v) is 2.63. The second-order valence-electron chi connectivity index (χ2n) is 5.62. The van der Waals surface area contributed by atoms with Crippen molar-refractivity contribution >= 4 is 5.69 Å². The molecule has 0 aliphatic rings. The molecule has 0 aliphatic heterocycles. The molecule has 3 heteroatoms. The van der Waals surface area contributed by atoms with E-state index in [9.17, 15) is 5.11 Å². The molecule has 0 atom stereocenters. The molecule has 0 unspecified atom stereocenters. The van der Waals surface area contributed by atoms with Crippen LogP contribution in [0.25, 0.3) is 11.1 Å². The van der Waals surface area contributed by atoms with Gasteiger partial charge in [-0.3, -0.25) is 4.98 Å². The van der Waals surface area contributed by atoms with Crippen molar-refractivity contribution in [2.24, 2.45) is 0 Å². The highest BCUT2D eigenvalue weighted by atomic mass is 16.3. The molecule has 1 aromatic heterocycles. The maximum Gasteiger partial charge on any atom is 0.0681 e. The summed E-state index contributed by atoms with van der Waals surface area (Å²) < 4.78 is 0. The van der Waals surface area contributed by atoms with E-state index in [-0.39, 0.29) is 6.61 Å². The Morgan fingerprint density at radius 3 is 2.39 bits per heavy atom. The van der Waals surface area contributed by atoms with E-state index < -0.39 is 0 Å². The molecular formula is C20H20N2O. The number of hydrogen-bond donors (Lipinski definition) is 1. The first-order chi connectivity index (χ1) is 11.3. The molecule has 0 fully saturated rings. The highest BCUT2D eigenvalue weighted by Gasteiger charge is 2.04. The molecule has 2 aromatic carbocycles.